The van der Waals surface area contributed by atoms with Crippen LogP contribution in [-0.4, -0.2) is 36.6 Å². The Kier molecular flexibility index (Phi) is 6.65. The van der Waals surface area contributed by atoms with Gasteiger partial charge >= 0.3 is 0 Å². The van der Waals surface area contributed by atoms with Crippen molar-refractivity contribution in [2.45, 2.75) is 58.0 Å². The van der Waals surface area contributed by atoms with E-state index in [0.29, 0.717) is 12.1 Å². The minimum atomic E-state index is -0.0828. The fraction of sp³-hybridized carbons (Fsp3) is 0.667. The van der Waals surface area contributed by atoms with E-state index in [9.17, 15) is 4.39 Å². The molecule has 0 spiro atoms. The summed E-state index contributed by atoms with van der Waals surface area (Å²) in [4.78, 5) is 2.57. The highest BCUT2D eigenvalue weighted by atomic mass is 19.1. The molecular weight excluding hydrogens is 263 g/mol. The highest BCUT2D eigenvalue weighted by molar-refractivity contribution is 5.18. The van der Waals surface area contributed by atoms with Crippen LogP contribution in [0.2, 0.25) is 0 Å². The fourth-order valence-electron chi connectivity index (χ4n) is 3.16. The molecule has 2 rings (SSSR count). The minimum absolute atomic E-state index is 0.0828. The van der Waals surface area contributed by atoms with E-state index in [1.165, 1.54) is 45.3 Å². The maximum atomic E-state index is 13.7. The zero-order valence-corrected chi connectivity index (χ0v) is 13.4. The molecule has 0 aliphatic carbocycles. The first-order chi connectivity index (χ1) is 10.2. The first kappa shape index (κ1) is 16.4. The SMILES string of the molecule is CCCCN1CCC(NC(C)Cc2ccccc2F)CC1. The molecule has 2 nitrogen and oxygen atoms in total. The van der Waals surface area contributed by atoms with Crippen LogP contribution in [-0.2, 0) is 6.42 Å². The van der Waals surface area contributed by atoms with Gasteiger partial charge in [-0.3, -0.25) is 0 Å². The van der Waals surface area contributed by atoms with Gasteiger partial charge in [0, 0.05) is 12.1 Å². The van der Waals surface area contributed by atoms with Crippen molar-refractivity contribution in [3.05, 3.63) is 35.6 Å². The van der Waals surface area contributed by atoms with E-state index >= 15 is 0 Å². The molecule has 1 aliphatic heterocycles. The van der Waals surface area contributed by atoms with Gasteiger partial charge in [0.15, 0.2) is 0 Å². The van der Waals surface area contributed by atoms with Gasteiger partial charge in [0.25, 0.3) is 0 Å². The van der Waals surface area contributed by atoms with Crippen LogP contribution in [0.1, 0.15) is 45.1 Å². The average molecular weight is 292 g/mol. The molecule has 1 aromatic rings. The second-order valence-corrected chi connectivity index (χ2v) is 6.33. The average Bonchev–Trinajstić information content (AvgIpc) is 2.49. The summed E-state index contributed by atoms with van der Waals surface area (Å²) < 4.78 is 13.7. The van der Waals surface area contributed by atoms with Gasteiger partial charge < -0.3 is 10.2 Å². The van der Waals surface area contributed by atoms with Gasteiger partial charge in [-0.1, -0.05) is 31.5 Å². The normalized spacial score (nSPS) is 18.8. The number of piperidine rings is 1. The first-order valence-corrected chi connectivity index (χ1v) is 8.41. The molecule has 0 amide bonds. The largest absolute Gasteiger partial charge is 0.311 e. The molecule has 0 bridgehead atoms. The number of hydrogen-bond donors (Lipinski definition) is 1. The molecular formula is C18H29FN2. The third kappa shape index (κ3) is 5.40. The van der Waals surface area contributed by atoms with Gasteiger partial charge in [-0.15, -0.1) is 0 Å². The molecule has 1 aliphatic rings. The number of likely N-dealkylation sites (tertiary alicyclic amines) is 1. The van der Waals surface area contributed by atoms with Crippen LogP contribution in [0.5, 0.6) is 0 Å². The number of nitrogens with one attached hydrogen (secondary N) is 1. The number of rotatable bonds is 7. The number of unbranched alkanes of at least 4 members (excludes halogenated alkanes) is 1. The summed E-state index contributed by atoms with van der Waals surface area (Å²) in [6, 6.07) is 8.02. The Morgan fingerprint density at radius 1 is 1.29 bits per heavy atom. The standard InChI is InChI=1S/C18H29FN2/c1-3-4-11-21-12-9-17(10-13-21)20-15(2)14-16-7-5-6-8-18(16)19/h5-8,15,17,20H,3-4,9-14H2,1-2H3. The maximum Gasteiger partial charge on any atom is 0.126 e. The molecule has 1 unspecified atom stereocenters. The van der Waals surface area contributed by atoms with E-state index in [0.717, 1.165) is 12.0 Å². The van der Waals surface area contributed by atoms with Crippen molar-refractivity contribution >= 4 is 0 Å². The Balaban J connectivity index is 1.72. The number of nitrogens with zero attached hydrogens (tertiary/aromatic N) is 1. The fourth-order valence-corrected chi connectivity index (χ4v) is 3.16. The van der Waals surface area contributed by atoms with Gasteiger partial charge in [-0.05, 0) is 63.9 Å². The Hall–Kier alpha value is -0.930. The molecule has 1 atom stereocenters. The lowest BCUT2D eigenvalue weighted by molar-refractivity contribution is 0.189. The van der Waals surface area contributed by atoms with Crippen molar-refractivity contribution in [1.82, 2.24) is 10.2 Å². The molecule has 0 radical (unpaired) electrons. The summed E-state index contributed by atoms with van der Waals surface area (Å²) in [6.07, 6.45) is 5.78. The monoisotopic (exact) mass is 292 g/mol. The summed E-state index contributed by atoms with van der Waals surface area (Å²) in [5.41, 5.74) is 0.817. The molecule has 1 N–H and O–H groups in total. The third-order valence-corrected chi connectivity index (χ3v) is 4.42. The highest BCUT2D eigenvalue weighted by Crippen LogP contribution is 2.14. The molecule has 1 heterocycles. The van der Waals surface area contributed by atoms with Crippen LogP contribution in [0.4, 0.5) is 4.39 Å². The van der Waals surface area contributed by atoms with Crippen molar-refractivity contribution in [2.24, 2.45) is 0 Å². The summed E-state index contributed by atoms with van der Waals surface area (Å²) in [5, 5.41) is 3.68. The summed E-state index contributed by atoms with van der Waals surface area (Å²) in [6.45, 7) is 8.05. The van der Waals surface area contributed by atoms with Crippen molar-refractivity contribution in [3.8, 4) is 0 Å². The maximum absolute atomic E-state index is 13.7. The molecule has 3 heteroatoms. The lowest BCUT2D eigenvalue weighted by atomic mass is 10.0. The minimum Gasteiger partial charge on any atom is -0.311 e. The van der Waals surface area contributed by atoms with E-state index in [-0.39, 0.29) is 5.82 Å². The molecule has 1 saturated heterocycles. The lowest BCUT2D eigenvalue weighted by Gasteiger charge is -2.34. The highest BCUT2D eigenvalue weighted by Gasteiger charge is 2.20. The zero-order chi connectivity index (χ0) is 15.1. The Labute approximate surface area is 128 Å². The molecule has 1 fully saturated rings. The lowest BCUT2D eigenvalue weighted by Crippen LogP contribution is -2.46. The van der Waals surface area contributed by atoms with E-state index in [1.807, 2.05) is 12.1 Å². The van der Waals surface area contributed by atoms with E-state index in [4.69, 9.17) is 0 Å². The Bertz CT molecular complexity index is 413. The molecule has 0 saturated carbocycles. The smallest absolute Gasteiger partial charge is 0.126 e. The third-order valence-electron chi connectivity index (χ3n) is 4.42. The second-order valence-electron chi connectivity index (χ2n) is 6.33. The molecule has 21 heavy (non-hydrogen) atoms. The van der Waals surface area contributed by atoms with E-state index in [2.05, 4.69) is 24.1 Å². The van der Waals surface area contributed by atoms with Crippen molar-refractivity contribution in [1.29, 1.82) is 0 Å². The molecule has 1 aromatic carbocycles. The molecule has 0 aromatic heterocycles. The summed E-state index contributed by atoms with van der Waals surface area (Å²) in [7, 11) is 0. The van der Waals surface area contributed by atoms with Gasteiger partial charge in [-0.25, -0.2) is 4.39 Å². The number of benzene rings is 1. The zero-order valence-electron chi connectivity index (χ0n) is 13.4. The Morgan fingerprint density at radius 2 is 2.00 bits per heavy atom. The predicted octanol–water partition coefficient (Wildman–Crippen LogP) is 3.61. The molecule has 118 valence electrons. The van der Waals surface area contributed by atoms with Crippen LogP contribution in [0.15, 0.2) is 24.3 Å². The van der Waals surface area contributed by atoms with Crippen LogP contribution in [0, 0.1) is 5.82 Å². The quantitative estimate of drug-likeness (QED) is 0.826. The number of halogens is 1. The first-order valence-electron chi connectivity index (χ1n) is 8.41. The van der Waals surface area contributed by atoms with Gasteiger partial charge in [0.2, 0.25) is 0 Å². The van der Waals surface area contributed by atoms with Crippen LogP contribution in [0.25, 0.3) is 0 Å². The van der Waals surface area contributed by atoms with Crippen LogP contribution in [0.3, 0.4) is 0 Å². The number of hydrogen-bond acceptors (Lipinski definition) is 2. The van der Waals surface area contributed by atoms with E-state index in [1.54, 1.807) is 12.1 Å². The second kappa shape index (κ2) is 8.50. The topological polar surface area (TPSA) is 15.3 Å². The van der Waals surface area contributed by atoms with Gasteiger partial charge in [0.1, 0.15) is 5.82 Å². The predicted molar refractivity (Wildman–Crippen MR) is 87.1 cm³/mol. The summed E-state index contributed by atoms with van der Waals surface area (Å²) in [5.74, 6) is -0.0828. The van der Waals surface area contributed by atoms with Crippen LogP contribution >= 0.6 is 0 Å². The van der Waals surface area contributed by atoms with Crippen LogP contribution < -0.4 is 5.32 Å². The van der Waals surface area contributed by atoms with Crippen molar-refractivity contribution < 1.29 is 4.39 Å². The van der Waals surface area contributed by atoms with Crippen molar-refractivity contribution in [3.63, 3.8) is 0 Å². The van der Waals surface area contributed by atoms with Gasteiger partial charge in [0.05, 0.1) is 0 Å². The Morgan fingerprint density at radius 3 is 2.67 bits per heavy atom. The van der Waals surface area contributed by atoms with E-state index < -0.39 is 0 Å². The van der Waals surface area contributed by atoms with Crippen molar-refractivity contribution in [2.75, 3.05) is 19.6 Å². The summed E-state index contributed by atoms with van der Waals surface area (Å²) >= 11 is 0. The van der Waals surface area contributed by atoms with Gasteiger partial charge in [-0.2, -0.15) is 0 Å².